The van der Waals surface area contributed by atoms with Gasteiger partial charge in [-0.2, -0.15) is 0 Å². The standard InChI is InChI=1S/C31H19N2O.C23H34NSi.Ir/c1-2-9-21(10-3-1)22-17-19-23(20-18-22)33-28-15-6-5-14-27(28)32-31(33)26-13-8-12-25-24-11-4-7-16-29(24)34-30(25)26;1-22(2,3)15-18-14-20(24-16-21(18)25(7,8)9)17-11-10-12-19(13-17)23(4,5)6;/h1-12,14-20H;10,12-14,16H,15H2,1-9H3;/q2*-1;. The summed E-state index contributed by atoms with van der Waals surface area (Å²) in [6, 6.07) is 55.0. The average molecular weight is 980 g/mol. The molecule has 0 unspecified atom stereocenters. The zero-order valence-corrected chi connectivity index (χ0v) is 39.5. The van der Waals surface area contributed by atoms with Crippen LogP contribution in [0.15, 0.2) is 150 Å². The van der Waals surface area contributed by atoms with E-state index in [-0.39, 0.29) is 30.9 Å². The Balaban J connectivity index is 0.000000188. The third-order valence-electron chi connectivity index (χ3n) is 10.8. The first-order valence-corrected chi connectivity index (χ1v) is 24.1. The number of imidazole rings is 1. The summed E-state index contributed by atoms with van der Waals surface area (Å²) in [6.45, 7) is 20.9. The van der Waals surface area contributed by atoms with E-state index in [1.165, 1.54) is 27.4 Å². The molecule has 0 aliphatic carbocycles. The van der Waals surface area contributed by atoms with Gasteiger partial charge in [0.05, 0.1) is 30.5 Å². The van der Waals surface area contributed by atoms with E-state index in [0.717, 1.165) is 67.7 Å². The Labute approximate surface area is 370 Å². The van der Waals surface area contributed by atoms with Crippen molar-refractivity contribution in [1.29, 1.82) is 0 Å². The Morgan fingerprint density at radius 1 is 0.683 bits per heavy atom. The molecule has 0 saturated carbocycles. The van der Waals surface area contributed by atoms with Crippen LogP contribution in [-0.4, -0.2) is 22.6 Å². The van der Waals surface area contributed by atoms with E-state index in [1.54, 1.807) is 0 Å². The van der Waals surface area contributed by atoms with Gasteiger partial charge in [0.15, 0.2) is 0 Å². The van der Waals surface area contributed by atoms with E-state index in [2.05, 4.69) is 169 Å². The summed E-state index contributed by atoms with van der Waals surface area (Å²) in [7, 11) is -1.42. The molecule has 9 rings (SSSR count). The van der Waals surface area contributed by atoms with E-state index >= 15 is 0 Å². The molecule has 0 spiro atoms. The Morgan fingerprint density at radius 2 is 1.35 bits per heavy atom. The molecule has 0 N–H and O–H groups in total. The number of nitrogens with zero attached hydrogens (tertiary/aromatic N) is 3. The molecule has 60 heavy (non-hydrogen) atoms. The van der Waals surface area contributed by atoms with E-state index in [0.29, 0.717) is 0 Å². The van der Waals surface area contributed by atoms with Gasteiger partial charge in [0.25, 0.3) is 0 Å². The molecule has 0 saturated heterocycles. The molecule has 0 bridgehead atoms. The third kappa shape index (κ3) is 9.02. The zero-order valence-electron chi connectivity index (χ0n) is 36.1. The summed E-state index contributed by atoms with van der Waals surface area (Å²) < 4.78 is 8.51. The summed E-state index contributed by atoms with van der Waals surface area (Å²) in [5.74, 6) is 0.818. The van der Waals surface area contributed by atoms with Crippen molar-refractivity contribution < 1.29 is 24.5 Å². The molecule has 0 atom stereocenters. The first-order valence-electron chi connectivity index (χ1n) is 20.6. The molecule has 0 amide bonds. The van der Waals surface area contributed by atoms with Crippen molar-refractivity contribution in [3.8, 4) is 39.5 Å². The summed E-state index contributed by atoms with van der Waals surface area (Å²) in [6.07, 6.45) is 3.22. The van der Waals surface area contributed by atoms with Crippen LogP contribution in [0, 0.1) is 17.5 Å². The molecule has 0 aliphatic heterocycles. The van der Waals surface area contributed by atoms with Crippen LogP contribution in [0.2, 0.25) is 19.6 Å². The second-order valence-electron chi connectivity index (χ2n) is 18.8. The average Bonchev–Trinajstić information content (AvgIpc) is 3.79. The number of hydrogen-bond donors (Lipinski definition) is 0. The van der Waals surface area contributed by atoms with Crippen LogP contribution in [0.5, 0.6) is 0 Å². The Bertz CT molecular complexity index is 2910. The summed E-state index contributed by atoms with van der Waals surface area (Å²) in [5.41, 5.74) is 13.3. The SMILES string of the molecule is CC(C)(C)Cc1cc(-c2[c-]ccc(C(C)(C)C)c2)ncc1[Si](C)(C)C.[Ir].[c-]1ccc2c(oc3ccccc32)c1-c1nc2ccccc2n1-c1ccc(-c2ccccc2)cc1. The van der Waals surface area contributed by atoms with Crippen LogP contribution in [0.1, 0.15) is 52.7 Å². The fourth-order valence-electron chi connectivity index (χ4n) is 7.86. The molecule has 0 fully saturated rings. The van der Waals surface area contributed by atoms with Crippen LogP contribution in [0.4, 0.5) is 0 Å². The maximum atomic E-state index is 6.32. The van der Waals surface area contributed by atoms with Crippen LogP contribution in [0.3, 0.4) is 0 Å². The van der Waals surface area contributed by atoms with Gasteiger partial charge in [-0.25, -0.2) is 0 Å². The van der Waals surface area contributed by atoms with Gasteiger partial charge < -0.3 is 14.0 Å². The monoisotopic (exact) mass is 980 g/mol. The van der Waals surface area contributed by atoms with Crippen molar-refractivity contribution in [2.75, 3.05) is 0 Å². The number of benzene rings is 6. The van der Waals surface area contributed by atoms with Crippen LogP contribution >= 0.6 is 0 Å². The van der Waals surface area contributed by atoms with Crippen molar-refractivity contribution in [3.63, 3.8) is 0 Å². The van der Waals surface area contributed by atoms with Crippen LogP contribution < -0.4 is 5.19 Å². The number of aromatic nitrogens is 3. The summed E-state index contributed by atoms with van der Waals surface area (Å²) >= 11 is 0. The molecule has 305 valence electrons. The van der Waals surface area contributed by atoms with Crippen molar-refractivity contribution in [2.24, 2.45) is 5.41 Å². The van der Waals surface area contributed by atoms with Gasteiger partial charge in [-0.05, 0) is 69.6 Å². The van der Waals surface area contributed by atoms with Crippen LogP contribution in [0.25, 0.3) is 72.4 Å². The van der Waals surface area contributed by atoms with E-state index in [4.69, 9.17) is 14.4 Å². The Morgan fingerprint density at radius 3 is 2.07 bits per heavy atom. The quantitative estimate of drug-likeness (QED) is 0.123. The van der Waals surface area contributed by atoms with Crippen molar-refractivity contribution >= 4 is 46.2 Å². The van der Waals surface area contributed by atoms with Crippen molar-refractivity contribution in [3.05, 3.63) is 169 Å². The minimum absolute atomic E-state index is 0. The third-order valence-corrected chi connectivity index (χ3v) is 12.9. The molecule has 4 nitrogen and oxygen atoms in total. The van der Waals surface area contributed by atoms with Gasteiger partial charge in [-0.15, -0.1) is 53.6 Å². The number of fused-ring (bicyclic) bond motifs is 4. The van der Waals surface area contributed by atoms with Crippen LogP contribution in [-0.2, 0) is 31.9 Å². The predicted molar refractivity (Wildman–Crippen MR) is 251 cm³/mol. The van der Waals surface area contributed by atoms with E-state index in [9.17, 15) is 0 Å². The van der Waals surface area contributed by atoms with E-state index < -0.39 is 8.07 Å². The first kappa shape index (κ1) is 42.7. The van der Waals surface area contributed by atoms with Gasteiger partial charge in [-0.3, -0.25) is 4.98 Å². The molecule has 6 aromatic carbocycles. The Hall–Kier alpha value is -5.39. The first-order chi connectivity index (χ1) is 28.1. The molecule has 3 heterocycles. The maximum absolute atomic E-state index is 6.32. The number of para-hydroxylation sites is 3. The molecular weight excluding hydrogens is 927 g/mol. The predicted octanol–water partition coefficient (Wildman–Crippen LogP) is 14.0. The zero-order chi connectivity index (χ0) is 41.5. The number of furan rings is 1. The number of rotatable bonds is 6. The fourth-order valence-corrected chi connectivity index (χ4v) is 9.44. The Kier molecular flexibility index (Phi) is 12.1. The van der Waals surface area contributed by atoms with E-state index in [1.807, 2.05) is 54.6 Å². The topological polar surface area (TPSA) is 43.9 Å². The van der Waals surface area contributed by atoms with Gasteiger partial charge in [-0.1, -0.05) is 157 Å². The minimum atomic E-state index is -1.42. The second-order valence-corrected chi connectivity index (χ2v) is 23.9. The normalized spacial score (nSPS) is 12.0. The van der Waals surface area contributed by atoms with Crippen molar-refractivity contribution in [1.82, 2.24) is 14.5 Å². The molecular formula is C54H53IrN3OSi-2. The summed E-state index contributed by atoms with van der Waals surface area (Å²) in [4.78, 5) is 9.86. The fraction of sp³-hybridized carbons (Fsp3) is 0.222. The van der Waals surface area contributed by atoms with Gasteiger partial charge >= 0.3 is 0 Å². The van der Waals surface area contributed by atoms with Gasteiger partial charge in [0.1, 0.15) is 5.58 Å². The smallest absolute Gasteiger partial charge is 0.120 e. The second kappa shape index (κ2) is 16.9. The number of pyridine rings is 1. The van der Waals surface area contributed by atoms with Crippen molar-refractivity contribution in [2.45, 2.75) is 73.0 Å². The molecule has 0 aliphatic rings. The number of hydrogen-bond acceptors (Lipinski definition) is 3. The maximum Gasteiger partial charge on any atom is 0.120 e. The minimum Gasteiger partial charge on any atom is -0.501 e. The molecule has 6 heteroatoms. The van der Waals surface area contributed by atoms with Gasteiger partial charge in [0.2, 0.25) is 0 Å². The molecule has 1 radical (unpaired) electrons. The summed E-state index contributed by atoms with van der Waals surface area (Å²) in [5, 5.41) is 3.66. The molecule has 9 aromatic rings. The molecule has 3 aromatic heterocycles. The largest absolute Gasteiger partial charge is 0.501 e. The van der Waals surface area contributed by atoms with Gasteiger partial charge in [0, 0.05) is 37.4 Å².